The van der Waals surface area contributed by atoms with E-state index in [4.69, 9.17) is 5.26 Å². The Morgan fingerprint density at radius 2 is 2.12 bits per heavy atom. The first-order valence-corrected chi connectivity index (χ1v) is 8.10. The Morgan fingerprint density at radius 3 is 2.80 bits per heavy atom. The second kappa shape index (κ2) is 7.14. The van der Waals surface area contributed by atoms with E-state index in [1.54, 1.807) is 23.2 Å². The smallest absolute Gasteiger partial charge is 0.253 e. The van der Waals surface area contributed by atoms with Gasteiger partial charge in [-0.15, -0.1) is 0 Å². The van der Waals surface area contributed by atoms with Crippen LogP contribution in [0.25, 0.3) is 11.1 Å². The Hall–Kier alpha value is -3.20. The van der Waals surface area contributed by atoms with E-state index in [2.05, 4.69) is 10.3 Å². The van der Waals surface area contributed by atoms with E-state index in [-0.39, 0.29) is 17.9 Å². The lowest BCUT2D eigenvalue weighted by Gasteiger charge is -2.17. The summed E-state index contributed by atoms with van der Waals surface area (Å²) < 4.78 is 0. The van der Waals surface area contributed by atoms with Gasteiger partial charge in [-0.25, -0.2) is 4.98 Å². The van der Waals surface area contributed by atoms with E-state index >= 15 is 0 Å². The molecule has 126 valence electrons. The van der Waals surface area contributed by atoms with Crippen molar-refractivity contribution in [1.29, 1.82) is 5.26 Å². The predicted molar refractivity (Wildman–Crippen MR) is 92.5 cm³/mol. The molecular formula is C19H18N4O2. The number of carbonyl (C=O) groups excluding carboxylic acids is 2. The van der Waals surface area contributed by atoms with Crippen LogP contribution in [0.1, 0.15) is 29.4 Å². The van der Waals surface area contributed by atoms with Gasteiger partial charge in [-0.1, -0.05) is 12.1 Å². The van der Waals surface area contributed by atoms with Gasteiger partial charge in [0.25, 0.3) is 5.91 Å². The first-order valence-electron chi connectivity index (χ1n) is 8.10. The number of carbonyl (C=O) groups is 2. The molecule has 0 bridgehead atoms. The molecule has 1 saturated heterocycles. The summed E-state index contributed by atoms with van der Waals surface area (Å²) in [6.07, 6.45) is 2.40. The zero-order chi connectivity index (χ0) is 17.8. The van der Waals surface area contributed by atoms with Gasteiger partial charge in [-0.2, -0.15) is 5.26 Å². The highest BCUT2D eigenvalue weighted by Crippen LogP contribution is 2.22. The minimum atomic E-state index is -0.0744. The summed E-state index contributed by atoms with van der Waals surface area (Å²) in [6.45, 7) is 2.65. The van der Waals surface area contributed by atoms with Crippen molar-refractivity contribution in [3.63, 3.8) is 0 Å². The molecule has 1 aromatic carbocycles. The standard InChI is InChI=1S/C19H18N4O2/c1-13(24)22-18-7-8-23(12-18)19(25)15-4-2-3-14(9-15)16-5-6-17(10-20)21-11-16/h2-6,9,11,18H,7-8,12H2,1H3,(H,22,24)/t18-/m1/s1. The van der Waals surface area contributed by atoms with Gasteiger partial charge in [0.15, 0.2) is 0 Å². The SMILES string of the molecule is CC(=O)N[C@@H]1CCN(C(=O)c2cccc(-c3ccc(C#N)nc3)c2)C1. The summed E-state index contributed by atoms with van der Waals surface area (Å²) in [7, 11) is 0. The van der Waals surface area contributed by atoms with Gasteiger partial charge >= 0.3 is 0 Å². The van der Waals surface area contributed by atoms with Crippen LogP contribution >= 0.6 is 0 Å². The third kappa shape index (κ3) is 3.83. The third-order valence-electron chi connectivity index (χ3n) is 4.20. The van der Waals surface area contributed by atoms with Crippen LogP contribution in [0, 0.1) is 11.3 Å². The van der Waals surface area contributed by atoms with Crippen LogP contribution in [0.5, 0.6) is 0 Å². The minimum Gasteiger partial charge on any atom is -0.352 e. The molecule has 6 heteroatoms. The van der Waals surface area contributed by atoms with E-state index in [0.717, 1.165) is 17.5 Å². The van der Waals surface area contributed by atoms with Crippen molar-refractivity contribution in [1.82, 2.24) is 15.2 Å². The molecule has 0 spiro atoms. The van der Waals surface area contributed by atoms with Crippen LogP contribution in [-0.2, 0) is 4.79 Å². The van der Waals surface area contributed by atoms with E-state index in [0.29, 0.717) is 24.3 Å². The van der Waals surface area contributed by atoms with Crippen molar-refractivity contribution in [2.45, 2.75) is 19.4 Å². The highest BCUT2D eigenvalue weighted by atomic mass is 16.2. The number of aromatic nitrogens is 1. The average Bonchev–Trinajstić information content (AvgIpc) is 3.09. The molecule has 1 aromatic heterocycles. The lowest BCUT2D eigenvalue weighted by molar-refractivity contribution is -0.119. The second-order valence-electron chi connectivity index (χ2n) is 6.06. The number of nitrogens with one attached hydrogen (secondary N) is 1. The first-order chi connectivity index (χ1) is 12.1. The lowest BCUT2D eigenvalue weighted by atomic mass is 10.0. The van der Waals surface area contributed by atoms with Gasteiger partial charge in [0, 0.05) is 43.4 Å². The van der Waals surface area contributed by atoms with Gasteiger partial charge in [-0.05, 0) is 36.2 Å². The maximum Gasteiger partial charge on any atom is 0.253 e. The highest BCUT2D eigenvalue weighted by molar-refractivity contribution is 5.95. The molecule has 2 heterocycles. The Bertz CT molecular complexity index is 839. The molecular weight excluding hydrogens is 316 g/mol. The fraction of sp³-hybridized carbons (Fsp3) is 0.263. The van der Waals surface area contributed by atoms with E-state index in [9.17, 15) is 9.59 Å². The molecule has 2 aromatic rings. The zero-order valence-electron chi connectivity index (χ0n) is 13.9. The summed E-state index contributed by atoms with van der Waals surface area (Å²) >= 11 is 0. The zero-order valence-corrected chi connectivity index (χ0v) is 13.9. The van der Waals surface area contributed by atoms with Crippen molar-refractivity contribution in [3.8, 4) is 17.2 Å². The van der Waals surface area contributed by atoms with Crippen LogP contribution < -0.4 is 5.32 Å². The number of rotatable bonds is 3. The third-order valence-corrected chi connectivity index (χ3v) is 4.20. The van der Waals surface area contributed by atoms with E-state index in [1.807, 2.05) is 30.3 Å². The molecule has 0 saturated carbocycles. The average molecular weight is 334 g/mol. The van der Waals surface area contributed by atoms with E-state index < -0.39 is 0 Å². The number of hydrogen-bond acceptors (Lipinski definition) is 4. The number of hydrogen-bond donors (Lipinski definition) is 1. The molecule has 0 aliphatic carbocycles. The van der Waals surface area contributed by atoms with Gasteiger partial charge in [0.1, 0.15) is 11.8 Å². The van der Waals surface area contributed by atoms with Crippen molar-refractivity contribution < 1.29 is 9.59 Å². The Morgan fingerprint density at radius 1 is 1.28 bits per heavy atom. The maximum absolute atomic E-state index is 12.7. The van der Waals surface area contributed by atoms with Crippen molar-refractivity contribution in [2.75, 3.05) is 13.1 Å². The Kier molecular flexibility index (Phi) is 4.75. The molecule has 6 nitrogen and oxygen atoms in total. The first kappa shape index (κ1) is 16.7. The molecule has 1 aliphatic heterocycles. The number of benzene rings is 1. The minimum absolute atomic E-state index is 0.0207. The van der Waals surface area contributed by atoms with Crippen molar-refractivity contribution in [3.05, 3.63) is 53.9 Å². The summed E-state index contributed by atoms with van der Waals surface area (Å²) in [6, 6.07) is 12.8. The lowest BCUT2D eigenvalue weighted by Crippen LogP contribution is -2.37. The maximum atomic E-state index is 12.7. The molecule has 0 unspecified atom stereocenters. The number of nitrogens with zero attached hydrogens (tertiary/aromatic N) is 3. The normalized spacial score (nSPS) is 16.3. The van der Waals surface area contributed by atoms with Crippen LogP contribution in [-0.4, -0.2) is 40.8 Å². The predicted octanol–water partition coefficient (Wildman–Crippen LogP) is 1.97. The molecule has 25 heavy (non-hydrogen) atoms. The molecule has 2 amide bonds. The molecule has 3 rings (SSSR count). The molecule has 1 N–H and O–H groups in total. The molecule has 1 fully saturated rings. The van der Waals surface area contributed by atoms with E-state index in [1.165, 1.54) is 6.92 Å². The summed E-state index contributed by atoms with van der Waals surface area (Å²) in [5.41, 5.74) is 2.69. The van der Waals surface area contributed by atoms with Crippen LogP contribution in [0.15, 0.2) is 42.6 Å². The monoisotopic (exact) mass is 334 g/mol. The number of nitriles is 1. The second-order valence-corrected chi connectivity index (χ2v) is 6.06. The fourth-order valence-electron chi connectivity index (χ4n) is 3.00. The molecule has 1 aliphatic rings. The van der Waals surface area contributed by atoms with Gasteiger partial charge in [-0.3, -0.25) is 9.59 Å². The Labute approximate surface area is 146 Å². The quantitative estimate of drug-likeness (QED) is 0.930. The van der Waals surface area contributed by atoms with Gasteiger partial charge in [0.2, 0.25) is 5.91 Å². The van der Waals surface area contributed by atoms with Crippen molar-refractivity contribution in [2.24, 2.45) is 0 Å². The number of amides is 2. The highest BCUT2D eigenvalue weighted by Gasteiger charge is 2.27. The van der Waals surface area contributed by atoms with Crippen molar-refractivity contribution >= 4 is 11.8 Å². The fourth-order valence-corrected chi connectivity index (χ4v) is 3.00. The summed E-state index contributed by atoms with van der Waals surface area (Å²) in [5.74, 6) is -0.120. The summed E-state index contributed by atoms with van der Waals surface area (Å²) in [5, 5.41) is 11.7. The molecule has 0 radical (unpaired) electrons. The number of likely N-dealkylation sites (tertiary alicyclic amines) is 1. The topological polar surface area (TPSA) is 86.1 Å². The molecule has 1 atom stereocenters. The summed E-state index contributed by atoms with van der Waals surface area (Å²) in [4.78, 5) is 29.7. The number of pyridine rings is 1. The Balaban J connectivity index is 1.76. The van der Waals surface area contributed by atoms with Crippen LogP contribution in [0.3, 0.4) is 0 Å². The van der Waals surface area contributed by atoms with Gasteiger partial charge in [0.05, 0.1) is 0 Å². The van der Waals surface area contributed by atoms with Gasteiger partial charge < -0.3 is 10.2 Å². The van der Waals surface area contributed by atoms with Crippen LogP contribution in [0.2, 0.25) is 0 Å². The largest absolute Gasteiger partial charge is 0.352 e. The van der Waals surface area contributed by atoms with Crippen LogP contribution in [0.4, 0.5) is 0 Å².